The highest BCUT2D eigenvalue weighted by atomic mass is 35.5. The fourth-order valence-electron chi connectivity index (χ4n) is 2.46. The number of carbonyl (C=O) groups excluding carboxylic acids is 1. The van der Waals surface area contributed by atoms with Crippen LogP contribution in [0.5, 0.6) is 0 Å². The molecule has 0 aliphatic carbocycles. The SMILES string of the molecule is CC1CN(C(=O)c2ccc(Cl)c(NS(C)(=O)=O)c2)CC(C)O1. The van der Waals surface area contributed by atoms with E-state index in [0.29, 0.717) is 18.7 Å². The van der Waals surface area contributed by atoms with Crippen molar-refractivity contribution in [3.8, 4) is 0 Å². The van der Waals surface area contributed by atoms with Crippen LogP contribution < -0.4 is 4.72 Å². The third-order valence-corrected chi connectivity index (χ3v) is 4.14. The van der Waals surface area contributed by atoms with Crippen LogP contribution in [0.15, 0.2) is 18.2 Å². The van der Waals surface area contributed by atoms with Crippen LogP contribution in [0.4, 0.5) is 5.69 Å². The first-order valence-corrected chi connectivity index (χ1v) is 9.14. The summed E-state index contributed by atoms with van der Waals surface area (Å²) >= 11 is 5.97. The van der Waals surface area contributed by atoms with E-state index in [-0.39, 0.29) is 28.8 Å². The molecular formula is C14H19ClN2O4S. The van der Waals surface area contributed by atoms with Crippen molar-refractivity contribution in [2.45, 2.75) is 26.1 Å². The molecule has 1 saturated heterocycles. The zero-order chi connectivity index (χ0) is 16.5. The van der Waals surface area contributed by atoms with Gasteiger partial charge in [0.25, 0.3) is 5.91 Å². The van der Waals surface area contributed by atoms with Gasteiger partial charge in [0, 0.05) is 18.7 Å². The largest absolute Gasteiger partial charge is 0.372 e. The molecular weight excluding hydrogens is 328 g/mol. The smallest absolute Gasteiger partial charge is 0.254 e. The van der Waals surface area contributed by atoms with Crippen LogP contribution in [0, 0.1) is 0 Å². The number of rotatable bonds is 3. The standard InChI is InChI=1S/C14H19ClN2O4S/c1-9-7-17(8-10(2)21-9)14(18)11-4-5-12(15)13(6-11)16-22(3,19)20/h4-6,9-10,16H,7-8H2,1-3H3. The fraction of sp³-hybridized carbons (Fsp3) is 0.500. The van der Waals surface area contributed by atoms with E-state index in [1.807, 2.05) is 13.8 Å². The van der Waals surface area contributed by atoms with Gasteiger partial charge in [0.05, 0.1) is 29.2 Å². The number of amides is 1. The van der Waals surface area contributed by atoms with Crippen molar-refractivity contribution in [1.82, 2.24) is 4.90 Å². The second kappa shape index (κ2) is 6.44. The first-order valence-electron chi connectivity index (χ1n) is 6.88. The molecule has 0 radical (unpaired) electrons. The van der Waals surface area contributed by atoms with Gasteiger partial charge in [0.15, 0.2) is 0 Å². The number of benzene rings is 1. The van der Waals surface area contributed by atoms with Gasteiger partial charge in [0.2, 0.25) is 10.0 Å². The monoisotopic (exact) mass is 346 g/mol. The maximum Gasteiger partial charge on any atom is 0.254 e. The van der Waals surface area contributed by atoms with Gasteiger partial charge in [0.1, 0.15) is 0 Å². The minimum atomic E-state index is -3.46. The molecule has 6 nitrogen and oxygen atoms in total. The summed E-state index contributed by atoms with van der Waals surface area (Å²) in [6.45, 7) is 4.82. The molecule has 1 N–H and O–H groups in total. The minimum Gasteiger partial charge on any atom is -0.372 e. The Morgan fingerprint density at radius 3 is 2.45 bits per heavy atom. The summed E-state index contributed by atoms with van der Waals surface area (Å²) in [4.78, 5) is 14.3. The maximum atomic E-state index is 12.6. The summed E-state index contributed by atoms with van der Waals surface area (Å²) in [5, 5.41) is 0.241. The van der Waals surface area contributed by atoms with E-state index in [1.54, 1.807) is 11.0 Å². The van der Waals surface area contributed by atoms with E-state index in [2.05, 4.69) is 4.72 Å². The van der Waals surface area contributed by atoms with Crippen LogP contribution in [-0.4, -0.2) is 50.8 Å². The number of hydrogen-bond donors (Lipinski definition) is 1. The van der Waals surface area contributed by atoms with Crippen molar-refractivity contribution in [2.24, 2.45) is 0 Å². The van der Waals surface area contributed by atoms with Gasteiger partial charge < -0.3 is 9.64 Å². The van der Waals surface area contributed by atoms with Crippen LogP contribution in [0.1, 0.15) is 24.2 Å². The summed E-state index contributed by atoms with van der Waals surface area (Å²) in [7, 11) is -3.46. The summed E-state index contributed by atoms with van der Waals surface area (Å²) in [5.41, 5.74) is 0.584. The van der Waals surface area contributed by atoms with Gasteiger partial charge in [-0.05, 0) is 32.0 Å². The van der Waals surface area contributed by atoms with Crippen LogP contribution in [-0.2, 0) is 14.8 Å². The van der Waals surface area contributed by atoms with E-state index in [1.165, 1.54) is 12.1 Å². The highest BCUT2D eigenvalue weighted by Gasteiger charge is 2.27. The van der Waals surface area contributed by atoms with E-state index < -0.39 is 10.0 Å². The molecule has 0 saturated carbocycles. The van der Waals surface area contributed by atoms with E-state index >= 15 is 0 Å². The molecule has 8 heteroatoms. The van der Waals surface area contributed by atoms with Crippen molar-refractivity contribution in [1.29, 1.82) is 0 Å². The number of morpholine rings is 1. The molecule has 1 aromatic rings. The number of nitrogens with one attached hydrogen (secondary N) is 1. The number of hydrogen-bond acceptors (Lipinski definition) is 4. The van der Waals surface area contributed by atoms with Crippen molar-refractivity contribution in [2.75, 3.05) is 24.1 Å². The number of carbonyl (C=O) groups is 1. The molecule has 0 bridgehead atoms. The predicted molar refractivity (Wildman–Crippen MR) is 85.8 cm³/mol. The third kappa shape index (κ3) is 4.34. The average molecular weight is 347 g/mol. The summed E-state index contributed by atoms with van der Waals surface area (Å²) < 4.78 is 30.6. The molecule has 1 aliphatic heterocycles. The summed E-state index contributed by atoms with van der Waals surface area (Å²) in [6, 6.07) is 4.55. The van der Waals surface area contributed by atoms with E-state index in [4.69, 9.17) is 16.3 Å². The summed E-state index contributed by atoms with van der Waals surface area (Å²) in [6.07, 6.45) is 0.964. The van der Waals surface area contributed by atoms with Crippen molar-refractivity contribution in [3.05, 3.63) is 28.8 Å². The number of nitrogens with zero attached hydrogens (tertiary/aromatic N) is 1. The van der Waals surface area contributed by atoms with Gasteiger partial charge in [-0.1, -0.05) is 11.6 Å². The van der Waals surface area contributed by atoms with Gasteiger partial charge in [-0.25, -0.2) is 8.42 Å². The number of anilines is 1. The quantitative estimate of drug-likeness (QED) is 0.907. The fourth-order valence-corrected chi connectivity index (χ4v) is 3.25. The third-order valence-electron chi connectivity index (χ3n) is 3.22. The minimum absolute atomic E-state index is 0.0337. The Kier molecular flexibility index (Phi) is 4.99. The number of sulfonamides is 1. The lowest BCUT2D eigenvalue weighted by molar-refractivity contribution is -0.0586. The topological polar surface area (TPSA) is 75.7 Å². The highest BCUT2D eigenvalue weighted by Crippen LogP contribution is 2.25. The van der Waals surface area contributed by atoms with Crippen LogP contribution in [0.25, 0.3) is 0 Å². The Balaban J connectivity index is 2.25. The normalized spacial score (nSPS) is 22.5. The lowest BCUT2D eigenvalue weighted by Gasteiger charge is -2.35. The number of ether oxygens (including phenoxy) is 1. The zero-order valence-electron chi connectivity index (χ0n) is 12.7. The average Bonchev–Trinajstić information content (AvgIpc) is 2.38. The van der Waals surface area contributed by atoms with Crippen molar-refractivity contribution < 1.29 is 17.9 Å². The van der Waals surface area contributed by atoms with Gasteiger partial charge >= 0.3 is 0 Å². The first kappa shape index (κ1) is 17.1. The molecule has 2 unspecified atom stereocenters. The molecule has 0 aromatic heterocycles. The molecule has 0 spiro atoms. The van der Waals surface area contributed by atoms with Gasteiger partial charge in [-0.3, -0.25) is 9.52 Å². The van der Waals surface area contributed by atoms with Crippen LogP contribution in [0.3, 0.4) is 0 Å². The second-order valence-electron chi connectivity index (χ2n) is 5.54. The Morgan fingerprint density at radius 1 is 1.32 bits per heavy atom. The molecule has 1 aliphatic rings. The molecule has 122 valence electrons. The highest BCUT2D eigenvalue weighted by molar-refractivity contribution is 7.92. The maximum absolute atomic E-state index is 12.6. The van der Waals surface area contributed by atoms with Crippen molar-refractivity contribution in [3.63, 3.8) is 0 Å². The van der Waals surface area contributed by atoms with E-state index in [0.717, 1.165) is 6.26 Å². The molecule has 22 heavy (non-hydrogen) atoms. The number of halogens is 1. The second-order valence-corrected chi connectivity index (χ2v) is 7.69. The Hall–Kier alpha value is -1.31. The lowest BCUT2D eigenvalue weighted by Crippen LogP contribution is -2.48. The zero-order valence-corrected chi connectivity index (χ0v) is 14.2. The molecule has 2 atom stereocenters. The van der Waals surface area contributed by atoms with Crippen LogP contribution in [0.2, 0.25) is 5.02 Å². The molecule has 1 aromatic carbocycles. The molecule has 1 amide bonds. The molecule has 1 heterocycles. The Morgan fingerprint density at radius 2 is 1.91 bits per heavy atom. The Labute approximate surface area is 135 Å². The van der Waals surface area contributed by atoms with Gasteiger partial charge in [-0.15, -0.1) is 0 Å². The Bertz CT molecular complexity index is 667. The molecule has 1 fully saturated rings. The predicted octanol–water partition coefficient (Wildman–Crippen LogP) is 1.96. The van der Waals surface area contributed by atoms with E-state index in [9.17, 15) is 13.2 Å². The lowest BCUT2D eigenvalue weighted by atomic mass is 10.1. The van der Waals surface area contributed by atoms with Crippen LogP contribution >= 0.6 is 11.6 Å². The van der Waals surface area contributed by atoms with Crippen molar-refractivity contribution >= 4 is 33.2 Å². The first-order chi connectivity index (χ1) is 10.2. The molecule has 2 rings (SSSR count). The van der Waals surface area contributed by atoms with Gasteiger partial charge in [-0.2, -0.15) is 0 Å². The summed E-state index contributed by atoms with van der Waals surface area (Å²) in [5.74, 6) is -0.171.